The molecule has 0 saturated carbocycles. The van der Waals surface area contributed by atoms with E-state index < -0.39 is 54.0 Å². The van der Waals surface area contributed by atoms with Gasteiger partial charge >= 0.3 is 24.4 Å². The summed E-state index contributed by atoms with van der Waals surface area (Å²) in [4.78, 5) is 48.5. The highest BCUT2D eigenvalue weighted by Gasteiger charge is 2.36. The maximum atomic E-state index is 12.4. The lowest BCUT2D eigenvalue weighted by Gasteiger charge is -2.32. The molecule has 3 N–H and O–H groups in total. The highest BCUT2D eigenvalue weighted by Crippen LogP contribution is 2.37. The van der Waals surface area contributed by atoms with Gasteiger partial charge in [-0.15, -0.1) is 0 Å². The Kier molecular flexibility index (Phi) is 13.5. The van der Waals surface area contributed by atoms with E-state index in [0.717, 1.165) is 0 Å². The summed E-state index contributed by atoms with van der Waals surface area (Å²) in [6.07, 6.45) is -2.12. The number of nitrogens with two attached hydrogens (primary N) is 1. The fourth-order valence-electron chi connectivity index (χ4n) is 3.37. The minimum absolute atomic E-state index is 0.0938. The number of hydrogen-bond acceptors (Lipinski definition) is 11. The Bertz CT molecular complexity index is 978. The average molecular weight is 556 g/mol. The first-order valence-electron chi connectivity index (χ1n) is 13.0. The summed E-state index contributed by atoms with van der Waals surface area (Å²) in [5.74, 6) is -3.25. The zero-order chi connectivity index (χ0) is 29.8. The van der Waals surface area contributed by atoms with Crippen LogP contribution in [0.3, 0.4) is 0 Å². The fraction of sp³-hybridized carbons (Fsp3) is 0.630. The molecule has 0 bridgehead atoms. The van der Waals surface area contributed by atoms with E-state index >= 15 is 0 Å². The van der Waals surface area contributed by atoms with Crippen molar-refractivity contribution in [1.82, 2.24) is 0 Å². The summed E-state index contributed by atoms with van der Waals surface area (Å²) < 4.78 is 31.1. The van der Waals surface area contributed by atoms with Gasteiger partial charge in [0, 0.05) is 11.8 Å². The Balaban J connectivity index is 3.38. The molecular formula is C27H41NO11. The van der Waals surface area contributed by atoms with E-state index in [9.17, 15) is 24.3 Å². The molecule has 39 heavy (non-hydrogen) atoms. The number of benzene rings is 1. The molecule has 1 aromatic rings. The molecule has 0 amide bonds. The Morgan fingerprint density at radius 1 is 0.897 bits per heavy atom. The molecule has 0 spiro atoms. The van der Waals surface area contributed by atoms with E-state index in [1.165, 1.54) is 18.2 Å². The van der Waals surface area contributed by atoms with Crippen LogP contribution in [-0.4, -0.2) is 60.5 Å². The Morgan fingerprint density at radius 3 is 1.92 bits per heavy atom. The van der Waals surface area contributed by atoms with Gasteiger partial charge < -0.3 is 39.3 Å². The second-order valence-corrected chi connectivity index (χ2v) is 9.64. The molecule has 220 valence electrons. The third kappa shape index (κ3) is 11.0. The van der Waals surface area contributed by atoms with Crippen molar-refractivity contribution < 1.29 is 52.7 Å². The van der Waals surface area contributed by atoms with Crippen LogP contribution in [-0.2, 0) is 23.7 Å². The van der Waals surface area contributed by atoms with Gasteiger partial charge in [-0.3, -0.25) is 4.79 Å². The van der Waals surface area contributed by atoms with Crippen LogP contribution in [0.25, 0.3) is 0 Å². The second-order valence-electron chi connectivity index (χ2n) is 9.64. The smallest absolute Gasteiger partial charge is 0.480 e. The van der Waals surface area contributed by atoms with Gasteiger partial charge in [0.05, 0.1) is 13.2 Å². The highest BCUT2D eigenvalue weighted by molar-refractivity contribution is 5.75. The van der Waals surface area contributed by atoms with E-state index in [0.29, 0.717) is 24.8 Å². The first kappa shape index (κ1) is 33.5. The zero-order valence-corrected chi connectivity index (χ0v) is 23.7. The zero-order valence-electron chi connectivity index (χ0n) is 23.7. The molecule has 0 heterocycles. The van der Waals surface area contributed by atoms with Crippen molar-refractivity contribution >= 4 is 24.4 Å². The normalized spacial score (nSPS) is 14.3. The Morgan fingerprint density at radius 2 is 1.44 bits per heavy atom. The molecule has 1 rings (SSSR count). The minimum Gasteiger partial charge on any atom is -0.480 e. The molecule has 12 nitrogen and oxygen atoms in total. The first-order valence-corrected chi connectivity index (χ1v) is 13.0. The molecule has 3 unspecified atom stereocenters. The molecular weight excluding hydrogens is 514 g/mol. The number of carbonyl (C=O) groups is 4. The van der Waals surface area contributed by atoms with Crippen molar-refractivity contribution in [3.63, 3.8) is 0 Å². The van der Waals surface area contributed by atoms with Crippen molar-refractivity contribution in [2.45, 2.75) is 91.4 Å². The van der Waals surface area contributed by atoms with Gasteiger partial charge in [0.25, 0.3) is 0 Å². The number of aliphatic carboxylic acids is 1. The molecule has 4 atom stereocenters. The van der Waals surface area contributed by atoms with Crippen LogP contribution in [0.5, 0.6) is 11.5 Å². The topological polar surface area (TPSA) is 170 Å². The number of carbonyl (C=O) groups excluding carboxylic acids is 3. The van der Waals surface area contributed by atoms with E-state index in [1.807, 2.05) is 13.8 Å². The maximum Gasteiger partial charge on any atom is 0.513 e. The van der Waals surface area contributed by atoms with E-state index in [-0.39, 0.29) is 24.7 Å². The SMILES string of the molecule is CCCOC(=O)Oc1ccc(C(C(C)C(C)OC(=O)OC(C)(C)CC)[C@H](N)C(=O)O)cc1OC(=O)OCCC. The number of carboxylic acid groups (broad SMARTS) is 1. The first-order chi connectivity index (χ1) is 18.3. The standard InChI is InChI=1S/C27H41NO11/c1-8-13-34-24(31)37-19-12-11-18(15-20(19)38-25(32)35-14-9-2)21(22(28)23(29)30)16(4)17(5)36-26(33)39-27(6,7)10-3/h11-12,15-17,21-22H,8-10,13-14,28H2,1-7H3,(H,29,30)/t16?,17?,21?,22-/m0/s1. The third-order valence-electron chi connectivity index (χ3n) is 6.06. The second kappa shape index (κ2) is 15.8. The van der Waals surface area contributed by atoms with Gasteiger partial charge in [0.1, 0.15) is 17.7 Å². The molecule has 0 fully saturated rings. The van der Waals surface area contributed by atoms with Crippen molar-refractivity contribution in [3.8, 4) is 11.5 Å². The molecule has 0 aliphatic carbocycles. The van der Waals surface area contributed by atoms with Crippen LogP contribution < -0.4 is 15.2 Å². The van der Waals surface area contributed by atoms with Crippen LogP contribution in [0.4, 0.5) is 14.4 Å². The van der Waals surface area contributed by atoms with Crippen LogP contribution in [0.2, 0.25) is 0 Å². The van der Waals surface area contributed by atoms with E-state index in [4.69, 9.17) is 34.2 Å². The summed E-state index contributed by atoms with van der Waals surface area (Å²) in [5, 5.41) is 9.73. The van der Waals surface area contributed by atoms with Gasteiger partial charge in [-0.05, 0) is 57.7 Å². The third-order valence-corrected chi connectivity index (χ3v) is 6.06. The van der Waals surface area contributed by atoms with Gasteiger partial charge in [-0.2, -0.15) is 0 Å². The van der Waals surface area contributed by atoms with Crippen molar-refractivity contribution in [2.24, 2.45) is 11.7 Å². The van der Waals surface area contributed by atoms with Crippen LogP contribution in [0.1, 0.15) is 79.2 Å². The quantitative estimate of drug-likeness (QED) is 0.170. The van der Waals surface area contributed by atoms with Crippen molar-refractivity contribution in [2.75, 3.05) is 13.2 Å². The Labute approximate surface area is 229 Å². The van der Waals surface area contributed by atoms with Crippen LogP contribution in [0, 0.1) is 5.92 Å². The van der Waals surface area contributed by atoms with Crippen LogP contribution >= 0.6 is 0 Å². The summed E-state index contributed by atoms with van der Waals surface area (Å²) >= 11 is 0. The lowest BCUT2D eigenvalue weighted by Crippen LogP contribution is -2.43. The summed E-state index contributed by atoms with van der Waals surface area (Å²) in [6.45, 7) is 12.4. The molecule has 0 aliphatic rings. The van der Waals surface area contributed by atoms with Gasteiger partial charge in [-0.25, -0.2) is 14.4 Å². The predicted octanol–water partition coefficient (Wildman–Crippen LogP) is 5.40. The largest absolute Gasteiger partial charge is 0.513 e. The summed E-state index contributed by atoms with van der Waals surface area (Å²) in [7, 11) is 0. The average Bonchev–Trinajstić information content (AvgIpc) is 2.87. The molecule has 0 aromatic heterocycles. The predicted molar refractivity (Wildman–Crippen MR) is 140 cm³/mol. The minimum atomic E-state index is -1.43. The summed E-state index contributed by atoms with van der Waals surface area (Å²) in [5.41, 5.74) is 5.64. The Hall–Kier alpha value is -3.54. The number of rotatable bonds is 14. The molecule has 0 aliphatic heterocycles. The molecule has 0 radical (unpaired) electrons. The lowest BCUT2D eigenvalue weighted by molar-refractivity contribution is -0.139. The number of ether oxygens (including phenoxy) is 6. The number of hydrogen-bond donors (Lipinski definition) is 2. The van der Waals surface area contributed by atoms with E-state index in [1.54, 1.807) is 34.6 Å². The van der Waals surface area contributed by atoms with Crippen molar-refractivity contribution in [1.29, 1.82) is 0 Å². The fourth-order valence-corrected chi connectivity index (χ4v) is 3.37. The molecule has 1 aromatic carbocycles. The van der Waals surface area contributed by atoms with E-state index in [2.05, 4.69) is 0 Å². The van der Waals surface area contributed by atoms with Crippen LogP contribution in [0.15, 0.2) is 18.2 Å². The van der Waals surface area contributed by atoms with Gasteiger partial charge in [0.2, 0.25) is 0 Å². The van der Waals surface area contributed by atoms with Gasteiger partial charge in [-0.1, -0.05) is 33.8 Å². The number of carboxylic acids is 1. The highest BCUT2D eigenvalue weighted by atomic mass is 16.7. The maximum absolute atomic E-state index is 12.4. The van der Waals surface area contributed by atoms with Crippen molar-refractivity contribution in [3.05, 3.63) is 23.8 Å². The monoisotopic (exact) mass is 555 g/mol. The molecule has 12 heteroatoms. The molecule has 0 saturated heterocycles. The van der Waals surface area contributed by atoms with Gasteiger partial charge in [0.15, 0.2) is 11.5 Å². The summed E-state index contributed by atoms with van der Waals surface area (Å²) in [6, 6.07) is 2.69. The lowest BCUT2D eigenvalue weighted by atomic mass is 9.79.